The number of rotatable bonds is 4. The number of nitrogens with zero attached hydrogens (tertiary/aromatic N) is 2. The van der Waals surface area contributed by atoms with Crippen molar-refractivity contribution in [1.29, 1.82) is 0 Å². The fraction of sp³-hybridized carbons (Fsp3) is 0.500. The molecular weight excluding hydrogens is 346 g/mol. The Balaban J connectivity index is 1.90. The minimum Gasteiger partial charge on any atom is -0.449 e. The van der Waals surface area contributed by atoms with Crippen molar-refractivity contribution >= 4 is 22.8 Å². The van der Waals surface area contributed by atoms with Crippen molar-refractivity contribution in [3.63, 3.8) is 0 Å². The van der Waals surface area contributed by atoms with Crippen LogP contribution in [0.1, 0.15) is 55.7 Å². The number of carbonyl (C=O) groups is 2. The van der Waals surface area contributed by atoms with Gasteiger partial charge >= 0.3 is 5.97 Å². The first-order chi connectivity index (χ1) is 13.0. The van der Waals surface area contributed by atoms with Crippen molar-refractivity contribution in [3.05, 3.63) is 39.9 Å². The molecule has 2 aromatic rings. The summed E-state index contributed by atoms with van der Waals surface area (Å²) in [4.78, 5) is 41.6. The highest BCUT2D eigenvalue weighted by Gasteiger charge is 2.20. The third-order valence-corrected chi connectivity index (χ3v) is 4.81. The van der Waals surface area contributed by atoms with E-state index in [1.165, 1.54) is 6.92 Å². The maximum atomic E-state index is 12.8. The summed E-state index contributed by atoms with van der Waals surface area (Å²) < 4.78 is 6.98. The lowest BCUT2D eigenvalue weighted by molar-refractivity contribution is -0.128. The Morgan fingerprint density at radius 1 is 1.26 bits per heavy atom. The van der Waals surface area contributed by atoms with Crippen molar-refractivity contribution in [3.8, 4) is 0 Å². The molecule has 27 heavy (non-hydrogen) atoms. The van der Waals surface area contributed by atoms with Crippen LogP contribution in [0.15, 0.2) is 23.0 Å². The first-order valence-corrected chi connectivity index (χ1v) is 9.53. The standard InChI is InChI=1S/C20H25N3O4/c1-3-21-18(24)13(2)27-20(26)14-9-10-15-16(12-14)22-17-8-6-4-5-7-11-23(17)19(15)25/h9-10,12-13H,3-8,11H2,1-2H3,(H,21,24). The van der Waals surface area contributed by atoms with Crippen LogP contribution in [-0.4, -0.2) is 34.1 Å². The molecule has 0 fully saturated rings. The molecule has 7 nitrogen and oxygen atoms in total. The molecule has 1 atom stereocenters. The quantitative estimate of drug-likeness (QED) is 0.832. The molecule has 144 valence electrons. The first kappa shape index (κ1) is 19.1. The van der Waals surface area contributed by atoms with Crippen LogP contribution in [0.5, 0.6) is 0 Å². The molecule has 1 aliphatic heterocycles. The fourth-order valence-corrected chi connectivity index (χ4v) is 3.32. The monoisotopic (exact) mass is 371 g/mol. The summed E-state index contributed by atoms with van der Waals surface area (Å²) in [6.45, 7) is 4.48. The molecule has 1 aliphatic rings. The van der Waals surface area contributed by atoms with Crippen LogP contribution >= 0.6 is 0 Å². The van der Waals surface area contributed by atoms with Gasteiger partial charge in [0.1, 0.15) is 5.82 Å². The molecular formula is C20H25N3O4. The molecule has 0 spiro atoms. The largest absolute Gasteiger partial charge is 0.449 e. The van der Waals surface area contributed by atoms with Crippen LogP contribution in [0.25, 0.3) is 10.9 Å². The van der Waals surface area contributed by atoms with Crippen LogP contribution in [0.2, 0.25) is 0 Å². The molecule has 0 bridgehead atoms. The number of carbonyl (C=O) groups excluding carboxylic acids is 2. The molecule has 1 aromatic carbocycles. The van der Waals surface area contributed by atoms with E-state index in [1.54, 1.807) is 29.7 Å². The predicted molar refractivity (Wildman–Crippen MR) is 102 cm³/mol. The summed E-state index contributed by atoms with van der Waals surface area (Å²) in [5.74, 6) is -0.179. The Kier molecular flexibility index (Phi) is 5.88. The summed E-state index contributed by atoms with van der Waals surface area (Å²) >= 11 is 0. The lowest BCUT2D eigenvalue weighted by Gasteiger charge is -2.16. The Labute approximate surface area is 157 Å². The number of aromatic nitrogens is 2. The molecule has 2 heterocycles. The van der Waals surface area contributed by atoms with Gasteiger partial charge in [-0.25, -0.2) is 9.78 Å². The zero-order chi connectivity index (χ0) is 19.4. The van der Waals surface area contributed by atoms with Crippen molar-refractivity contribution in [2.75, 3.05) is 6.54 Å². The van der Waals surface area contributed by atoms with Gasteiger partial charge in [0.05, 0.1) is 16.5 Å². The Hall–Kier alpha value is -2.70. The van der Waals surface area contributed by atoms with E-state index in [9.17, 15) is 14.4 Å². The molecule has 0 saturated heterocycles. The van der Waals surface area contributed by atoms with Gasteiger partial charge in [-0.05, 0) is 44.9 Å². The van der Waals surface area contributed by atoms with Crippen molar-refractivity contribution < 1.29 is 14.3 Å². The van der Waals surface area contributed by atoms with Crippen molar-refractivity contribution in [2.24, 2.45) is 0 Å². The molecule has 1 N–H and O–H groups in total. The van der Waals surface area contributed by atoms with Crippen LogP contribution in [0.3, 0.4) is 0 Å². The topological polar surface area (TPSA) is 90.3 Å². The molecule has 1 unspecified atom stereocenters. The maximum Gasteiger partial charge on any atom is 0.338 e. The number of aryl methyl sites for hydroxylation is 1. The first-order valence-electron chi connectivity index (χ1n) is 9.53. The number of hydrogen-bond acceptors (Lipinski definition) is 5. The highest BCUT2D eigenvalue weighted by atomic mass is 16.5. The summed E-state index contributed by atoms with van der Waals surface area (Å²) in [6, 6.07) is 4.74. The van der Waals surface area contributed by atoms with E-state index >= 15 is 0 Å². The SMILES string of the molecule is CCNC(=O)C(C)OC(=O)c1ccc2c(=O)n3c(nc2c1)CCCCCC3. The predicted octanol–water partition coefficient (Wildman–Crippen LogP) is 2.19. The van der Waals surface area contributed by atoms with Gasteiger partial charge in [0, 0.05) is 19.5 Å². The van der Waals surface area contributed by atoms with Gasteiger partial charge in [0.15, 0.2) is 6.10 Å². The average Bonchev–Trinajstić information content (AvgIpc) is 2.63. The van der Waals surface area contributed by atoms with Gasteiger partial charge in [-0.1, -0.05) is 12.8 Å². The molecule has 0 saturated carbocycles. The molecule has 1 amide bonds. The summed E-state index contributed by atoms with van der Waals surface area (Å²) in [5, 5.41) is 3.10. The minimum absolute atomic E-state index is 0.0625. The van der Waals surface area contributed by atoms with Crippen molar-refractivity contribution in [1.82, 2.24) is 14.9 Å². The third kappa shape index (κ3) is 4.18. The Morgan fingerprint density at radius 2 is 2.04 bits per heavy atom. The Bertz CT molecular complexity index is 919. The van der Waals surface area contributed by atoms with E-state index in [4.69, 9.17) is 4.74 Å². The van der Waals surface area contributed by atoms with Gasteiger partial charge in [0.25, 0.3) is 11.5 Å². The second-order valence-electron chi connectivity index (χ2n) is 6.82. The second kappa shape index (κ2) is 8.33. The molecule has 0 radical (unpaired) electrons. The number of benzene rings is 1. The van der Waals surface area contributed by atoms with Crippen LogP contribution in [-0.2, 0) is 22.5 Å². The normalized spacial score (nSPS) is 15.3. The summed E-state index contributed by atoms with van der Waals surface area (Å²) in [5.41, 5.74) is 0.709. The van der Waals surface area contributed by atoms with E-state index < -0.39 is 12.1 Å². The van der Waals surface area contributed by atoms with E-state index in [0.717, 1.165) is 37.9 Å². The highest BCUT2D eigenvalue weighted by Crippen LogP contribution is 2.17. The average molecular weight is 371 g/mol. The fourth-order valence-electron chi connectivity index (χ4n) is 3.32. The maximum absolute atomic E-state index is 12.8. The van der Waals surface area contributed by atoms with E-state index in [2.05, 4.69) is 10.3 Å². The van der Waals surface area contributed by atoms with Gasteiger partial charge in [-0.15, -0.1) is 0 Å². The van der Waals surface area contributed by atoms with Gasteiger partial charge in [-0.3, -0.25) is 14.2 Å². The van der Waals surface area contributed by atoms with Crippen molar-refractivity contribution in [2.45, 2.75) is 58.6 Å². The summed E-state index contributed by atoms with van der Waals surface area (Å²) in [6.07, 6.45) is 4.11. The Morgan fingerprint density at radius 3 is 2.81 bits per heavy atom. The smallest absolute Gasteiger partial charge is 0.338 e. The molecule has 7 heteroatoms. The molecule has 0 aliphatic carbocycles. The van der Waals surface area contributed by atoms with Crippen LogP contribution < -0.4 is 10.9 Å². The third-order valence-electron chi connectivity index (χ3n) is 4.81. The number of likely N-dealkylation sites (N-methyl/N-ethyl adjacent to an activating group) is 1. The number of hydrogen-bond donors (Lipinski definition) is 1. The lowest BCUT2D eigenvalue weighted by Crippen LogP contribution is -2.35. The lowest BCUT2D eigenvalue weighted by atomic mass is 10.1. The van der Waals surface area contributed by atoms with Crippen LogP contribution in [0, 0.1) is 0 Å². The number of amides is 1. The zero-order valence-electron chi connectivity index (χ0n) is 15.8. The number of esters is 1. The number of ether oxygens (including phenoxy) is 1. The highest BCUT2D eigenvalue weighted by molar-refractivity contribution is 5.95. The summed E-state index contributed by atoms with van der Waals surface area (Å²) in [7, 11) is 0. The molecule has 1 aromatic heterocycles. The van der Waals surface area contributed by atoms with E-state index in [0.29, 0.717) is 24.0 Å². The second-order valence-corrected chi connectivity index (χ2v) is 6.82. The number of nitrogens with one attached hydrogen (secondary N) is 1. The van der Waals surface area contributed by atoms with E-state index in [1.807, 2.05) is 0 Å². The van der Waals surface area contributed by atoms with E-state index in [-0.39, 0.29) is 17.0 Å². The molecule has 3 rings (SSSR count). The zero-order valence-corrected chi connectivity index (χ0v) is 15.8. The minimum atomic E-state index is -0.887. The van der Waals surface area contributed by atoms with Crippen LogP contribution in [0.4, 0.5) is 0 Å². The van der Waals surface area contributed by atoms with Gasteiger partial charge in [0.2, 0.25) is 0 Å². The van der Waals surface area contributed by atoms with Gasteiger partial charge < -0.3 is 10.1 Å². The van der Waals surface area contributed by atoms with Gasteiger partial charge in [-0.2, -0.15) is 0 Å². The number of fused-ring (bicyclic) bond motifs is 2.